The molecular weight excluding hydrogens is 280 g/mol. The van der Waals surface area contributed by atoms with Gasteiger partial charge in [0, 0.05) is 10.2 Å². The maximum atomic E-state index is 3.58. The van der Waals surface area contributed by atoms with Gasteiger partial charge in [0.15, 0.2) is 0 Å². The molecule has 72 valence electrons. The predicted octanol–water partition coefficient (Wildman–Crippen LogP) is 4.69. The van der Waals surface area contributed by atoms with Crippen molar-refractivity contribution in [3.05, 3.63) is 24.8 Å². The van der Waals surface area contributed by atoms with Crippen LogP contribution in [0.3, 0.4) is 0 Å². The molecule has 0 aromatic rings. The van der Waals surface area contributed by atoms with Crippen molar-refractivity contribution < 1.29 is 0 Å². The highest BCUT2D eigenvalue weighted by Gasteiger charge is 1.86. The number of hydrogen-bond donors (Lipinski definition) is 0. The maximum Gasteiger partial charge on any atom is 0.0320 e. The molecule has 12 heavy (non-hydrogen) atoms. The first-order valence-electron chi connectivity index (χ1n) is 4.20. The van der Waals surface area contributed by atoms with Gasteiger partial charge < -0.3 is 0 Å². The first kappa shape index (κ1) is 14.9. The summed E-state index contributed by atoms with van der Waals surface area (Å²) in [6.45, 7) is 7.82. The van der Waals surface area contributed by atoms with Crippen LogP contribution >= 0.6 is 31.9 Å². The van der Waals surface area contributed by atoms with Gasteiger partial charge in [0.25, 0.3) is 0 Å². The Kier molecular flexibility index (Phi) is 17.4. The minimum absolute atomic E-state index is 0.512. The van der Waals surface area contributed by atoms with Gasteiger partial charge in [-0.1, -0.05) is 63.9 Å². The fraction of sp³-hybridized carbons (Fsp3) is 0.600. The lowest BCUT2D eigenvalue weighted by molar-refractivity contribution is 0.994. The van der Waals surface area contributed by atoms with Crippen LogP contribution in [0.15, 0.2) is 24.8 Å². The summed E-state index contributed by atoms with van der Waals surface area (Å²) >= 11 is 6.62. The lowest BCUT2D eigenvalue weighted by atomic mass is 10.3. The summed E-state index contributed by atoms with van der Waals surface area (Å²) < 4.78 is 0. The van der Waals surface area contributed by atoms with Gasteiger partial charge in [-0.2, -0.15) is 0 Å². The molecule has 1 unspecified atom stereocenters. The molecular formula is C10H18Br2. The third-order valence-electron chi connectivity index (χ3n) is 1.14. The molecule has 0 rings (SSSR count). The minimum atomic E-state index is 0.512. The highest BCUT2D eigenvalue weighted by atomic mass is 79.9. The third-order valence-corrected chi connectivity index (χ3v) is 2.53. The van der Waals surface area contributed by atoms with Gasteiger partial charge in [-0.05, 0) is 12.8 Å². The van der Waals surface area contributed by atoms with E-state index in [1.165, 1.54) is 0 Å². The summed E-state index contributed by atoms with van der Waals surface area (Å²) in [7, 11) is 0. The molecule has 0 aliphatic rings. The summed E-state index contributed by atoms with van der Waals surface area (Å²) in [5.74, 6) is 0. The fourth-order valence-electron chi connectivity index (χ4n) is 0.396. The van der Waals surface area contributed by atoms with Crippen LogP contribution in [0.2, 0.25) is 0 Å². The second-order valence-electron chi connectivity index (χ2n) is 2.19. The molecule has 2 heteroatoms. The van der Waals surface area contributed by atoms with Crippen LogP contribution < -0.4 is 0 Å². The fourth-order valence-corrected chi connectivity index (χ4v) is 0.661. The summed E-state index contributed by atoms with van der Waals surface area (Å²) in [6, 6.07) is 0. The van der Waals surface area contributed by atoms with Gasteiger partial charge >= 0.3 is 0 Å². The summed E-state index contributed by atoms with van der Waals surface area (Å²) in [5.41, 5.74) is 0. The molecule has 0 spiro atoms. The summed E-state index contributed by atoms with van der Waals surface area (Å²) in [6.07, 6.45) is 8.39. The Balaban J connectivity index is 0. The molecule has 0 fully saturated rings. The second-order valence-corrected chi connectivity index (χ2v) is 4.02. The molecule has 0 saturated carbocycles. The molecule has 0 nitrogen and oxygen atoms in total. The van der Waals surface area contributed by atoms with Crippen molar-refractivity contribution in [2.45, 2.75) is 31.5 Å². The van der Waals surface area contributed by atoms with E-state index in [4.69, 9.17) is 0 Å². The van der Waals surface area contributed by atoms with Crippen molar-refractivity contribution >= 4 is 31.9 Å². The van der Waals surface area contributed by atoms with E-state index in [-0.39, 0.29) is 0 Å². The van der Waals surface area contributed by atoms with Gasteiger partial charge in [0.2, 0.25) is 0 Å². The van der Waals surface area contributed by atoms with Crippen molar-refractivity contribution in [1.29, 1.82) is 0 Å². The number of allylic oxidation sites excluding steroid dienone is 3. The first-order chi connectivity index (χ1) is 5.72. The van der Waals surface area contributed by atoms with Crippen LogP contribution in [0.25, 0.3) is 0 Å². The van der Waals surface area contributed by atoms with Gasteiger partial charge in [-0.15, -0.1) is 6.58 Å². The number of rotatable bonds is 4. The standard InChI is InChI=1S/2C5H9Br/c1-3-5(6)4-2;1-2-3-4-5-6/h3,5H,1,4H2,2H3;3-4H,2,5H2,1H3/b;4-3-. The van der Waals surface area contributed by atoms with Crippen molar-refractivity contribution in [2.24, 2.45) is 0 Å². The lowest BCUT2D eigenvalue weighted by Crippen LogP contribution is -1.83. The third kappa shape index (κ3) is 16.8. The van der Waals surface area contributed by atoms with E-state index in [9.17, 15) is 0 Å². The average Bonchev–Trinajstić information content (AvgIpc) is 2.14. The smallest absolute Gasteiger partial charge is 0.0320 e. The Morgan fingerprint density at radius 2 is 1.92 bits per heavy atom. The largest absolute Gasteiger partial charge is 0.102 e. The zero-order chi connectivity index (χ0) is 9.82. The number of alkyl halides is 2. The van der Waals surface area contributed by atoms with Crippen molar-refractivity contribution in [2.75, 3.05) is 5.33 Å². The van der Waals surface area contributed by atoms with Gasteiger partial charge in [-0.25, -0.2) is 0 Å². The molecule has 0 saturated heterocycles. The van der Waals surface area contributed by atoms with Crippen LogP contribution in [0.4, 0.5) is 0 Å². The van der Waals surface area contributed by atoms with Gasteiger partial charge in [-0.3, -0.25) is 0 Å². The molecule has 0 aromatic heterocycles. The lowest BCUT2D eigenvalue weighted by Gasteiger charge is -1.91. The monoisotopic (exact) mass is 296 g/mol. The zero-order valence-corrected chi connectivity index (χ0v) is 11.1. The summed E-state index contributed by atoms with van der Waals surface area (Å²) in [4.78, 5) is 0.512. The van der Waals surface area contributed by atoms with Gasteiger partial charge in [0.1, 0.15) is 0 Å². The molecule has 0 bridgehead atoms. The van der Waals surface area contributed by atoms with E-state index in [1.807, 2.05) is 6.08 Å². The average molecular weight is 298 g/mol. The van der Waals surface area contributed by atoms with Crippen molar-refractivity contribution in [1.82, 2.24) is 0 Å². The van der Waals surface area contributed by atoms with Crippen LogP contribution in [0.5, 0.6) is 0 Å². The predicted molar refractivity (Wildman–Crippen MR) is 66.4 cm³/mol. The van der Waals surface area contributed by atoms with Gasteiger partial charge in [0.05, 0.1) is 0 Å². The number of halogens is 2. The minimum Gasteiger partial charge on any atom is -0.102 e. The maximum absolute atomic E-state index is 3.58. The van der Waals surface area contributed by atoms with E-state index >= 15 is 0 Å². The quantitative estimate of drug-likeness (QED) is 0.521. The molecule has 0 aromatic carbocycles. The Bertz CT molecular complexity index is 102. The highest BCUT2D eigenvalue weighted by molar-refractivity contribution is 9.09. The Hall–Kier alpha value is 0.440. The zero-order valence-electron chi connectivity index (χ0n) is 7.89. The molecule has 0 aliphatic heterocycles. The van der Waals surface area contributed by atoms with Crippen molar-refractivity contribution in [3.63, 3.8) is 0 Å². The van der Waals surface area contributed by atoms with E-state index in [1.54, 1.807) is 0 Å². The van der Waals surface area contributed by atoms with E-state index in [0.29, 0.717) is 4.83 Å². The number of hydrogen-bond acceptors (Lipinski definition) is 0. The van der Waals surface area contributed by atoms with Crippen LogP contribution in [-0.2, 0) is 0 Å². The van der Waals surface area contributed by atoms with Crippen LogP contribution in [-0.4, -0.2) is 10.2 Å². The molecule has 1 atom stereocenters. The topological polar surface area (TPSA) is 0 Å². The van der Waals surface area contributed by atoms with E-state index in [2.05, 4.69) is 64.4 Å². The highest BCUT2D eigenvalue weighted by Crippen LogP contribution is 2.02. The SMILES string of the molecule is C=CC(Br)CC.CC/C=C\CBr. The molecule has 0 radical (unpaired) electrons. The molecule has 0 N–H and O–H groups in total. The van der Waals surface area contributed by atoms with E-state index < -0.39 is 0 Å². The first-order valence-corrected chi connectivity index (χ1v) is 6.24. The molecule has 0 amide bonds. The van der Waals surface area contributed by atoms with E-state index in [0.717, 1.165) is 18.2 Å². The molecule has 0 heterocycles. The summed E-state index contributed by atoms with van der Waals surface area (Å²) in [5, 5.41) is 0.987. The van der Waals surface area contributed by atoms with Crippen molar-refractivity contribution in [3.8, 4) is 0 Å². The Labute approximate surface area is 93.4 Å². The van der Waals surface area contributed by atoms with Crippen LogP contribution in [0.1, 0.15) is 26.7 Å². The molecule has 0 aliphatic carbocycles. The normalized spacial score (nSPS) is 12.0. The van der Waals surface area contributed by atoms with Crippen LogP contribution in [0, 0.1) is 0 Å². The Morgan fingerprint density at radius 3 is 2.00 bits per heavy atom. The second kappa shape index (κ2) is 14.0. The Morgan fingerprint density at radius 1 is 1.33 bits per heavy atom.